The van der Waals surface area contributed by atoms with Crippen LogP contribution in [0.5, 0.6) is 0 Å². The summed E-state index contributed by atoms with van der Waals surface area (Å²) in [5.74, 6) is -1.98. The zero-order chi connectivity index (χ0) is 31.6. The lowest BCUT2D eigenvalue weighted by molar-refractivity contribution is -0.237. The average molecular weight is 601 g/mol. The van der Waals surface area contributed by atoms with Gasteiger partial charge in [0.25, 0.3) is 0 Å². The largest absolute Gasteiger partial charge is 0.458 e. The Labute approximate surface area is 250 Å². The van der Waals surface area contributed by atoms with Crippen LogP contribution in [0.15, 0.2) is 48.5 Å². The Bertz CT molecular complexity index is 1280. The number of aliphatic hydroxyl groups excluding tert-OH is 4. The zero-order valence-electron chi connectivity index (χ0n) is 24.8. The standard InChI is InChI=1S/C31H40N2O10/c1-16(35)25(29(39)43-31(3,4)5)33(28-24(32-17(2)36)27(38)26(37)23(14-34)42-28)30(40)41-15-22-20-12-8-6-10-18(20)19-11-7-9-13-21(19)22/h6-13,16,22-28,34-35,37-38H,14-15H2,1-5H3,(H,32,36)/t16-,23-,24-,25+,26+,27-,28+/m1/s1. The summed E-state index contributed by atoms with van der Waals surface area (Å²) in [7, 11) is 0. The van der Waals surface area contributed by atoms with Gasteiger partial charge in [-0.1, -0.05) is 48.5 Å². The van der Waals surface area contributed by atoms with Gasteiger partial charge in [-0.25, -0.2) is 9.59 Å². The van der Waals surface area contributed by atoms with Gasteiger partial charge >= 0.3 is 12.1 Å². The van der Waals surface area contributed by atoms with E-state index in [4.69, 9.17) is 14.2 Å². The van der Waals surface area contributed by atoms with Crippen LogP contribution in [0.2, 0.25) is 0 Å². The first kappa shape index (κ1) is 32.4. The maximum absolute atomic E-state index is 14.0. The smallest absolute Gasteiger partial charge is 0.412 e. The Kier molecular flexibility index (Phi) is 9.77. The number of carbonyl (C=O) groups excluding carboxylic acids is 3. The van der Waals surface area contributed by atoms with Gasteiger partial charge in [0.05, 0.1) is 12.7 Å². The molecular formula is C31H40N2O10. The molecular weight excluding hydrogens is 560 g/mol. The van der Waals surface area contributed by atoms with Gasteiger partial charge < -0.3 is 40.0 Å². The van der Waals surface area contributed by atoms with Crippen molar-refractivity contribution in [1.82, 2.24) is 10.2 Å². The molecule has 1 heterocycles. The fourth-order valence-electron chi connectivity index (χ4n) is 5.68. The Hall–Kier alpha value is -3.55. The maximum Gasteiger partial charge on any atom is 0.412 e. The van der Waals surface area contributed by atoms with Crippen molar-refractivity contribution in [3.63, 3.8) is 0 Å². The van der Waals surface area contributed by atoms with Gasteiger partial charge in [-0.2, -0.15) is 0 Å². The molecule has 1 aliphatic carbocycles. The predicted molar refractivity (Wildman–Crippen MR) is 154 cm³/mol. The van der Waals surface area contributed by atoms with Gasteiger partial charge in [0, 0.05) is 12.8 Å². The first-order chi connectivity index (χ1) is 20.2. The van der Waals surface area contributed by atoms with E-state index in [1.807, 2.05) is 48.5 Å². The third-order valence-electron chi connectivity index (χ3n) is 7.50. The maximum atomic E-state index is 14.0. The van der Waals surface area contributed by atoms with Crippen LogP contribution in [0.25, 0.3) is 11.1 Å². The monoisotopic (exact) mass is 600 g/mol. The van der Waals surface area contributed by atoms with Gasteiger partial charge in [-0.05, 0) is 49.9 Å². The van der Waals surface area contributed by atoms with E-state index in [0.29, 0.717) is 0 Å². The molecule has 43 heavy (non-hydrogen) atoms. The number of rotatable bonds is 8. The highest BCUT2D eigenvalue weighted by Gasteiger charge is 2.53. The number of nitrogens with one attached hydrogen (secondary N) is 1. The SMILES string of the molecule is CC(=O)N[C@@H]1[C@@H](O)[C@@H](O)[C@@H](CO)O[C@@H]1N(C(=O)OCC1c2ccccc2-c2ccccc21)[C@H](C(=O)OC(C)(C)C)[C@@H](C)O. The molecule has 1 aliphatic heterocycles. The van der Waals surface area contributed by atoms with Crippen LogP contribution in [0.4, 0.5) is 4.79 Å². The Morgan fingerprint density at radius 1 is 1.00 bits per heavy atom. The number of benzene rings is 2. The molecule has 5 N–H and O–H groups in total. The Morgan fingerprint density at radius 3 is 2.05 bits per heavy atom. The molecule has 0 bridgehead atoms. The number of ether oxygens (including phenoxy) is 3. The molecule has 234 valence electrons. The van der Waals surface area contributed by atoms with Gasteiger partial charge in [0.2, 0.25) is 5.91 Å². The second kappa shape index (κ2) is 13.0. The molecule has 1 fully saturated rings. The summed E-state index contributed by atoms with van der Waals surface area (Å²) in [6.07, 6.45) is -9.08. The van der Waals surface area contributed by atoms with E-state index in [1.54, 1.807) is 20.8 Å². The second-order valence-electron chi connectivity index (χ2n) is 11.9. The molecule has 0 saturated carbocycles. The normalized spacial score (nSPS) is 24.7. The topological polar surface area (TPSA) is 175 Å². The number of carbonyl (C=O) groups is 3. The third-order valence-corrected chi connectivity index (χ3v) is 7.50. The molecule has 2 amide bonds. The Balaban J connectivity index is 1.74. The molecule has 0 aromatic heterocycles. The highest BCUT2D eigenvalue weighted by Crippen LogP contribution is 2.44. The molecule has 2 aliphatic rings. The molecule has 0 radical (unpaired) electrons. The van der Waals surface area contributed by atoms with Crippen LogP contribution >= 0.6 is 0 Å². The number of aliphatic hydroxyl groups is 4. The molecule has 2 aromatic carbocycles. The number of esters is 1. The lowest BCUT2D eigenvalue weighted by Gasteiger charge is -2.48. The first-order valence-corrected chi connectivity index (χ1v) is 14.2. The summed E-state index contributed by atoms with van der Waals surface area (Å²) in [6.45, 7) is 6.35. The molecule has 12 heteroatoms. The van der Waals surface area contributed by atoms with E-state index in [1.165, 1.54) is 6.92 Å². The van der Waals surface area contributed by atoms with E-state index >= 15 is 0 Å². The first-order valence-electron chi connectivity index (χ1n) is 14.2. The molecule has 0 spiro atoms. The van der Waals surface area contributed by atoms with Gasteiger partial charge in [-0.15, -0.1) is 0 Å². The van der Waals surface area contributed by atoms with E-state index in [9.17, 15) is 34.8 Å². The van der Waals surface area contributed by atoms with E-state index in [2.05, 4.69) is 5.32 Å². The van der Waals surface area contributed by atoms with Crippen molar-refractivity contribution in [3.8, 4) is 11.1 Å². The van der Waals surface area contributed by atoms with Crippen LogP contribution in [0, 0.1) is 0 Å². The van der Waals surface area contributed by atoms with Crippen LogP contribution in [-0.2, 0) is 23.8 Å². The Morgan fingerprint density at radius 2 is 1.56 bits per heavy atom. The summed E-state index contributed by atoms with van der Waals surface area (Å²) in [6, 6.07) is 12.2. The van der Waals surface area contributed by atoms with Crippen molar-refractivity contribution in [2.45, 2.75) is 88.9 Å². The van der Waals surface area contributed by atoms with Gasteiger partial charge in [-0.3, -0.25) is 9.69 Å². The van der Waals surface area contributed by atoms with E-state index in [0.717, 1.165) is 34.1 Å². The minimum Gasteiger partial charge on any atom is -0.458 e. The minimum atomic E-state index is -1.73. The number of fused-ring (bicyclic) bond motifs is 3. The summed E-state index contributed by atoms with van der Waals surface area (Å²) in [5, 5.41) is 44.6. The lowest BCUT2D eigenvalue weighted by atomic mass is 9.94. The molecule has 12 nitrogen and oxygen atoms in total. The fourth-order valence-corrected chi connectivity index (χ4v) is 5.68. The van der Waals surface area contributed by atoms with Crippen LogP contribution in [0.3, 0.4) is 0 Å². The van der Waals surface area contributed by atoms with Crippen LogP contribution in [-0.4, -0.2) is 105 Å². The highest BCUT2D eigenvalue weighted by molar-refractivity contribution is 5.83. The van der Waals surface area contributed by atoms with Crippen molar-refractivity contribution in [3.05, 3.63) is 59.7 Å². The van der Waals surface area contributed by atoms with Crippen molar-refractivity contribution in [2.24, 2.45) is 0 Å². The highest BCUT2D eigenvalue weighted by atomic mass is 16.6. The molecule has 7 atom stereocenters. The molecule has 4 rings (SSSR count). The van der Waals surface area contributed by atoms with Crippen molar-refractivity contribution >= 4 is 18.0 Å². The minimum absolute atomic E-state index is 0.156. The van der Waals surface area contributed by atoms with Gasteiger partial charge in [0.15, 0.2) is 12.3 Å². The molecule has 2 aromatic rings. The van der Waals surface area contributed by atoms with E-state index in [-0.39, 0.29) is 12.5 Å². The molecule has 1 saturated heterocycles. The van der Waals surface area contributed by atoms with Gasteiger partial charge in [0.1, 0.15) is 36.6 Å². The predicted octanol–water partition coefficient (Wildman–Crippen LogP) is 1.27. The fraction of sp³-hybridized carbons (Fsp3) is 0.516. The lowest BCUT2D eigenvalue weighted by Crippen LogP contribution is -2.71. The third kappa shape index (κ3) is 6.84. The summed E-state index contributed by atoms with van der Waals surface area (Å²) < 4.78 is 17.2. The molecule has 0 unspecified atom stereocenters. The number of amides is 2. The van der Waals surface area contributed by atoms with Crippen molar-refractivity contribution in [2.75, 3.05) is 13.2 Å². The summed E-state index contributed by atoms with van der Waals surface area (Å²) in [5.41, 5.74) is 2.86. The average Bonchev–Trinajstić information content (AvgIpc) is 3.25. The van der Waals surface area contributed by atoms with E-state index < -0.39 is 72.9 Å². The number of nitrogens with zero attached hydrogens (tertiary/aromatic N) is 1. The number of hydrogen-bond donors (Lipinski definition) is 5. The van der Waals surface area contributed by atoms with Crippen molar-refractivity contribution in [1.29, 1.82) is 0 Å². The quantitative estimate of drug-likeness (QED) is 0.278. The second-order valence-corrected chi connectivity index (χ2v) is 11.9. The van der Waals surface area contributed by atoms with Crippen LogP contribution < -0.4 is 5.32 Å². The van der Waals surface area contributed by atoms with Crippen LogP contribution in [0.1, 0.15) is 51.7 Å². The zero-order valence-corrected chi connectivity index (χ0v) is 24.8. The number of hydrogen-bond acceptors (Lipinski definition) is 10. The summed E-state index contributed by atoms with van der Waals surface area (Å²) in [4.78, 5) is 40.4. The summed E-state index contributed by atoms with van der Waals surface area (Å²) >= 11 is 0. The van der Waals surface area contributed by atoms with Crippen molar-refractivity contribution < 1.29 is 49.0 Å².